The number of nitrogens with one attached hydrogen (secondary N) is 1. The minimum Gasteiger partial charge on any atom is -0.493 e. The highest BCUT2D eigenvalue weighted by Crippen LogP contribution is 2.31. The van der Waals surface area contributed by atoms with Gasteiger partial charge in [0.2, 0.25) is 5.65 Å². The number of fused-ring (bicyclic) bond motifs is 3. The Morgan fingerprint density at radius 2 is 1.84 bits per heavy atom. The van der Waals surface area contributed by atoms with Crippen LogP contribution in [0.3, 0.4) is 0 Å². The van der Waals surface area contributed by atoms with E-state index in [1.54, 1.807) is 18.7 Å². The quantitative estimate of drug-likeness (QED) is 0.613. The monoisotopic (exact) mass is 336 g/mol. The molecule has 25 heavy (non-hydrogen) atoms. The highest BCUT2D eigenvalue weighted by atomic mass is 16.5. The summed E-state index contributed by atoms with van der Waals surface area (Å²) in [4.78, 5) is 4.66. The van der Waals surface area contributed by atoms with Gasteiger partial charge in [0.1, 0.15) is 0 Å². The lowest BCUT2D eigenvalue weighted by Gasteiger charge is -2.12. The Hall–Kier alpha value is -3.42. The average Bonchev–Trinajstić information content (AvgIpc) is 3.12. The summed E-state index contributed by atoms with van der Waals surface area (Å²) in [5, 5.41) is 15.2. The van der Waals surface area contributed by atoms with Gasteiger partial charge in [-0.2, -0.15) is 4.52 Å². The molecule has 1 N–H and O–H groups in total. The summed E-state index contributed by atoms with van der Waals surface area (Å²) in [6.45, 7) is 2.02. The molecule has 0 amide bonds. The second-order valence-electron chi connectivity index (χ2n) is 5.56. The molecule has 8 nitrogen and oxygen atoms in total. The molecule has 4 aromatic rings. The summed E-state index contributed by atoms with van der Waals surface area (Å²) < 4.78 is 12.3. The predicted molar refractivity (Wildman–Crippen MR) is 93.6 cm³/mol. The molecule has 8 heteroatoms. The first-order chi connectivity index (χ1) is 12.2. The lowest BCUT2D eigenvalue weighted by molar-refractivity contribution is 0.355. The normalized spacial score (nSPS) is 11.0. The Labute approximate surface area is 143 Å². The van der Waals surface area contributed by atoms with Crippen LogP contribution in [0.1, 0.15) is 5.56 Å². The summed E-state index contributed by atoms with van der Waals surface area (Å²) in [6, 6.07) is 11.5. The van der Waals surface area contributed by atoms with Gasteiger partial charge < -0.3 is 14.8 Å². The second kappa shape index (κ2) is 5.90. The fraction of sp³-hybridized carbons (Fsp3) is 0.176. The van der Waals surface area contributed by atoms with E-state index in [0.29, 0.717) is 23.0 Å². The summed E-state index contributed by atoms with van der Waals surface area (Å²) >= 11 is 0. The zero-order chi connectivity index (χ0) is 17.4. The number of benzene rings is 2. The van der Waals surface area contributed by atoms with E-state index in [-0.39, 0.29) is 0 Å². The number of rotatable bonds is 4. The topological polar surface area (TPSA) is 86.5 Å². The molecule has 0 aliphatic carbocycles. The third-order valence-electron chi connectivity index (χ3n) is 3.92. The second-order valence-corrected chi connectivity index (χ2v) is 5.56. The molecule has 2 aromatic heterocycles. The summed E-state index contributed by atoms with van der Waals surface area (Å²) in [6.07, 6.45) is 0. The van der Waals surface area contributed by atoms with E-state index in [9.17, 15) is 0 Å². The molecule has 0 bridgehead atoms. The van der Waals surface area contributed by atoms with E-state index in [2.05, 4.69) is 25.8 Å². The molecule has 0 aliphatic rings. The Morgan fingerprint density at radius 1 is 1.00 bits per heavy atom. The fourth-order valence-corrected chi connectivity index (χ4v) is 2.70. The number of hydrogen-bond donors (Lipinski definition) is 1. The van der Waals surface area contributed by atoms with Gasteiger partial charge in [0.25, 0.3) is 0 Å². The van der Waals surface area contributed by atoms with Gasteiger partial charge in [-0.3, -0.25) is 0 Å². The van der Waals surface area contributed by atoms with Crippen LogP contribution in [0.2, 0.25) is 0 Å². The minimum absolute atomic E-state index is 0.549. The molecule has 0 aliphatic heterocycles. The van der Waals surface area contributed by atoms with Crippen molar-refractivity contribution >= 4 is 28.2 Å². The van der Waals surface area contributed by atoms with Crippen molar-refractivity contribution < 1.29 is 9.47 Å². The molecule has 0 spiro atoms. The van der Waals surface area contributed by atoms with Crippen molar-refractivity contribution in [2.75, 3.05) is 19.5 Å². The zero-order valence-corrected chi connectivity index (χ0v) is 14.0. The molecule has 0 saturated heterocycles. The van der Waals surface area contributed by atoms with Crippen molar-refractivity contribution in [2.45, 2.75) is 6.92 Å². The first-order valence-electron chi connectivity index (χ1n) is 7.67. The number of methoxy groups -OCH3 is 2. The Bertz CT molecular complexity index is 1080. The molecule has 0 fully saturated rings. The molecule has 4 rings (SSSR count). The van der Waals surface area contributed by atoms with Crippen molar-refractivity contribution in [1.29, 1.82) is 0 Å². The van der Waals surface area contributed by atoms with E-state index < -0.39 is 0 Å². The third-order valence-corrected chi connectivity index (χ3v) is 3.92. The molecule has 2 heterocycles. The highest BCUT2D eigenvalue weighted by Gasteiger charge is 2.13. The van der Waals surface area contributed by atoms with Crippen molar-refractivity contribution in [2.24, 2.45) is 0 Å². The zero-order valence-electron chi connectivity index (χ0n) is 14.0. The van der Waals surface area contributed by atoms with Crippen LogP contribution in [-0.2, 0) is 0 Å². The van der Waals surface area contributed by atoms with Crippen molar-refractivity contribution in [3.8, 4) is 11.5 Å². The first kappa shape index (κ1) is 15.1. The van der Waals surface area contributed by atoms with E-state index in [4.69, 9.17) is 9.47 Å². The van der Waals surface area contributed by atoms with Crippen LogP contribution < -0.4 is 14.8 Å². The van der Waals surface area contributed by atoms with Gasteiger partial charge in [-0.15, -0.1) is 5.10 Å². The van der Waals surface area contributed by atoms with Crippen LogP contribution in [0.15, 0.2) is 36.4 Å². The number of nitrogens with zero attached hydrogens (tertiary/aromatic N) is 5. The Balaban J connectivity index is 1.83. The summed E-state index contributed by atoms with van der Waals surface area (Å²) in [5.74, 6) is 1.84. The van der Waals surface area contributed by atoms with Crippen LogP contribution in [0.5, 0.6) is 11.5 Å². The molecule has 0 saturated carbocycles. The van der Waals surface area contributed by atoms with Crippen molar-refractivity contribution in [3.05, 3.63) is 42.0 Å². The predicted octanol–water partition coefficient (Wildman–Crippen LogP) is 2.74. The van der Waals surface area contributed by atoms with Gasteiger partial charge >= 0.3 is 0 Å². The molecule has 0 atom stereocenters. The maximum atomic E-state index is 5.34. The number of anilines is 2. The van der Waals surface area contributed by atoms with Gasteiger partial charge in [-0.25, -0.2) is 4.98 Å². The number of ether oxygens (including phenoxy) is 2. The van der Waals surface area contributed by atoms with E-state index in [1.807, 2.05) is 43.3 Å². The largest absolute Gasteiger partial charge is 0.493 e. The molecule has 126 valence electrons. The number of hydrogen-bond acceptors (Lipinski definition) is 7. The average molecular weight is 336 g/mol. The van der Waals surface area contributed by atoms with Crippen LogP contribution in [0, 0.1) is 6.92 Å². The van der Waals surface area contributed by atoms with Crippen LogP contribution in [-0.4, -0.2) is 39.2 Å². The van der Waals surface area contributed by atoms with Gasteiger partial charge in [0.15, 0.2) is 17.3 Å². The van der Waals surface area contributed by atoms with Gasteiger partial charge in [0.05, 0.1) is 25.3 Å². The van der Waals surface area contributed by atoms with Gasteiger partial charge in [-0.05, 0) is 47.2 Å². The van der Waals surface area contributed by atoms with Crippen molar-refractivity contribution in [3.63, 3.8) is 0 Å². The smallest absolute Gasteiger partial charge is 0.222 e. The molecule has 0 unspecified atom stereocenters. The van der Waals surface area contributed by atoms with Gasteiger partial charge in [-0.1, -0.05) is 6.07 Å². The molecule has 2 aromatic carbocycles. The Kier molecular flexibility index (Phi) is 3.57. The van der Waals surface area contributed by atoms with Crippen molar-refractivity contribution in [1.82, 2.24) is 25.0 Å². The first-order valence-corrected chi connectivity index (χ1v) is 7.67. The molecular weight excluding hydrogens is 320 g/mol. The lowest BCUT2D eigenvalue weighted by atomic mass is 10.2. The maximum absolute atomic E-state index is 5.34. The number of aryl methyl sites for hydroxylation is 1. The number of tetrazole rings is 1. The van der Waals surface area contributed by atoms with E-state index >= 15 is 0 Å². The standard InChI is InChI=1S/C17H16N6O2/c1-10-4-6-12-13(8-10)23-17(20-21-22-23)16(19-12)18-11-5-7-14(24-2)15(9-11)25-3/h4-9H,1-3H3,(H,18,19). The lowest BCUT2D eigenvalue weighted by Crippen LogP contribution is -2.02. The SMILES string of the molecule is COc1ccc(Nc2nc3ccc(C)cc3n3nnnc23)cc1OC. The fourth-order valence-electron chi connectivity index (χ4n) is 2.70. The Morgan fingerprint density at radius 3 is 2.64 bits per heavy atom. The van der Waals surface area contributed by atoms with E-state index in [0.717, 1.165) is 22.3 Å². The molecule has 0 radical (unpaired) electrons. The molecular formula is C17H16N6O2. The van der Waals surface area contributed by atoms with Crippen LogP contribution in [0.4, 0.5) is 11.5 Å². The summed E-state index contributed by atoms with van der Waals surface area (Å²) in [7, 11) is 3.20. The van der Waals surface area contributed by atoms with Gasteiger partial charge in [0, 0.05) is 11.8 Å². The summed E-state index contributed by atoms with van der Waals surface area (Å²) in [5.41, 5.74) is 4.12. The minimum atomic E-state index is 0.549. The maximum Gasteiger partial charge on any atom is 0.222 e. The number of aromatic nitrogens is 5. The highest BCUT2D eigenvalue weighted by molar-refractivity contribution is 5.84. The van der Waals surface area contributed by atoms with Crippen LogP contribution >= 0.6 is 0 Å². The van der Waals surface area contributed by atoms with Crippen LogP contribution in [0.25, 0.3) is 16.7 Å². The third kappa shape index (κ3) is 2.57. The van der Waals surface area contributed by atoms with E-state index in [1.165, 1.54) is 0 Å².